The molecule has 0 spiro atoms. The van der Waals surface area contributed by atoms with Crippen molar-refractivity contribution in [2.75, 3.05) is 33.4 Å². The molecule has 1 saturated carbocycles. The Morgan fingerprint density at radius 1 is 1.43 bits per heavy atom. The molecule has 1 aromatic rings. The van der Waals surface area contributed by atoms with Crippen LogP contribution in [-0.2, 0) is 11.8 Å². The van der Waals surface area contributed by atoms with Gasteiger partial charge in [0.15, 0.2) is 0 Å². The molecular formula is C17H28N4O2. The lowest BCUT2D eigenvalue weighted by Gasteiger charge is -2.42. The van der Waals surface area contributed by atoms with E-state index < -0.39 is 0 Å². The molecule has 1 amide bonds. The zero-order chi connectivity index (χ0) is 16.3. The van der Waals surface area contributed by atoms with Crippen LogP contribution in [0.15, 0.2) is 12.3 Å². The lowest BCUT2D eigenvalue weighted by Crippen LogP contribution is -2.56. The summed E-state index contributed by atoms with van der Waals surface area (Å²) in [5.41, 5.74) is 0.458. The van der Waals surface area contributed by atoms with Crippen LogP contribution < -0.4 is 5.32 Å². The smallest absolute Gasteiger partial charge is 0.269 e. The fourth-order valence-corrected chi connectivity index (χ4v) is 3.47. The van der Waals surface area contributed by atoms with Crippen molar-refractivity contribution in [2.45, 2.75) is 37.6 Å². The van der Waals surface area contributed by atoms with Crippen LogP contribution in [0.2, 0.25) is 0 Å². The topological polar surface area (TPSA) is 59.4 Å². The molecule has 0 unspecified atom stereocenters. The third-order valence-corrected chi connectivity index (χ3v) is 5.24. The first-order chi connectivity index (χ1) is 11.1. The van der Waals surface area contributed by atoms with Gasteiger partial charge in [0.25, 0.3) is 5.91 Å². The lowest BCUT2D eigenvalue weighted by atomic mass is 9.84. The molecule has 0 aromatic carbocycles. The summed E-state index contributed by atoms with van der Waals surface area (Å²) in [5.74, 6) is 0.891. The molecule has 0 radical (unpaired) electrons. The van der Waals surface area contributed by atoms with E-state index in [1.165, 1.54) is 19.4 Å². The van der Waals surface area contributed by atoms with E-state index >= 15 is 0 Å². The van der Waals surface area contributed by atoms with Crippen LogP contribution in [-0.4, -0.2) is 59.5 Å². The van der Waals surface area contributed by atoms with E-state index in [4.69, 9.17) is 4.74 Å². The van der Waals surface area contributed by atoms with E-state index in [9.17, 15) is 4.79 Å². The van der Waals surface area contributed by atoms with Gasteiger partial charge in [0, 0.05) is 52.1 Å². The Hall–Kier alpha value is -1.40. The molecule has 1 aliphatic heterocycles. The Labute approximate surface area is 138 Å². The van der Waals surface area contributed by atoms with E-state index in [1.54, 1.807) is 31.1 Å². The second kappa shape index (κ2) is 7.01. The van der Waals surface area contributed by atoms with Crippen molar-refractivity contribution in [3.8, 4) is 0 Å². The van der Waals surface area contributed by atoms with E-state index in [1.807, 2.05) is 0 Å². The number of likely N-dealkylation sites (tertiary alicyclic amines) is 1. The predicted molar refractivity (Wildman–Crippen MR) is 88.3 cm³/mol. The lowest BCUT2D eigenvalue weighted by molar-refractivity contribution is 0.0689. The summed E-state index contributed by atoms with van der Waals surface area (Å²) >= 11 is 0. The number of piperidine rings is 1. The molecule has 6 heteroatoms. The number of methoxy groups -OCH3 is 1. The number of aromatic nitrogens is 2. The number of hydrogen-bond donors (Lipinski definition) is 1. The molecule has 23 heavy (non-hydrogen) atoms. The average Bonchev–Trinajstić information content (AvgIpc) is 3.26. The summed E-state index contributed by atoms with van der Waals surface area (Å²) in [6, 6.07) is 1.77. The van der Waals surface area contributed by atoms with Crippen molar-refractivity contribution in [3.05, 3.63) is 18.0 Å². The van der Waals surface area contributed by atoms with Gasteiger partial charge in [-0.15, -0.1) is 0 Å². The molecule has 0 bridgehead atoms. The maximum atomic E-state index is 12.6. The maximum Gasteiger partial charge on any atom is 0.269 e. The van der Waals surface area contributed by atoms with Gasteiger partial charge in [-0.3, -0.25) is 9.48 Å². The van der Waals surface area contributed by atoms with Gasteiger partial charge in [-0.2, -0.15) is 5.10 Å². The molecule has 128 valence electrons. The fourth-order valence-electron chi connectivity index (χ4n) is 3.47. The minimum Gasteiger partial charge on any atom is -0.385 e. The van der Waals surface area contributed by atoms with Crippen molar-refractivity contribution in [1.29, 1.82) is 0 Å². The quantitative estimate of drug-likeness (QED) is 0.826. The van der Waals surface area contributed by atoms with Gasteiger partial charge in [-0.25, -0.2) is 0 Å². The number of aryl methyl sites for hydroxylation is 1. The fraction of sp³-hybridized carbons (Fsp3) is 0.765. The van der Waals surface area contributed by atoms with Crippen LogP contribution in [0.5, 0.6) is 0 Å². The predicted octanol–water partition coefficient (Wildman–Crippen LogP) is 1.43. The number of ether oxygens (including phenoxy) is 1. The first-order valence-corrected chi connectivity index (χ1v) is 8.64. The van der Waals surface area contributed by atoms with E-state index in [0.717, 1.165) is 38.3 Å². The monoisotopic (exact) mass is 320 g/mol. The Balaban J connectivity index is 1.62. The summed E-state index contributed by atoms with van der Waals surface area (Å²) in [5, 5.41) is 7.38. The Morgan fingerprint density at radius 2 is 2.17 bits per heavy atom. The van der Waals surface area contributed by atoms with E-state index in [2.05, 4.69) is 15.3 Å². The van der Waals surface area contributed by atoms with Gasteiger partial charge in [0.1, 0.15) is 5.69 Å². The first kappa shape index (κ1) is 16.5. The van der Waals surface area contributed by atoms with Crippen molar-refractivity contribution in [3.63, 3.8) is 0 Å². The molecule has 1 aromatic heterocycles. The zero-order valence-corrected chi connectivity index (χ0v) is 14.3. The van der Waals surface area contributed by atoms with Crippen molar-refractivity contribution in [1.82, 2.24) is 20.0 Å². The standard InChI is InChI=1S/C17H28N4O2/c1-20-15(5-9-18-20)16(22)19-17(8-12-23-2)6-10-21(11-7-17)13-14-3-4-14/h5,9,14H,3-4,6-8,10-13H2,1-2H3,(H,19,22). The SMILES string of the molecule is COCCC1(NC(=O)c2ccnn2C)CCN(CC2CC2)CC1. The summed E-state index contributed by atoms with van der Waals surface area (Å²) in [6.07, 6.45) is 7.30. The number of nitrogens with one attached hydrogen (secondary N) is 1. The summed E-state index contributed by atoms with van der Waals surface area (Å²) in [4.78, 5) is 15.2. The highest BCUT2D eigenvalue weighted by Crippen LogP contribution is 2.33. The first-order valence-electron chi connectivity index (χ1n) is 8.64. The second-order valence-corrected chi connectivity index (χ2v) is 7.06. The Kier molecular flexibility index (Phi) is 5.02. The molecule has 3 rings (SSSR count). The largest absolute Gasteiger partial charge is 0.385 e. The van der Waals surface area contributed by atoms with Crippen LogP contribution in [0.25, 0.3) is 0 Å². The van der Waals surface area contributed by atoms with Crippen molar-refractivity contribution >= 4 is 5.91 Å². The zero-order valence-electron chi connectivity index (χ0n) is 14.3. The highest BCUT2D eigenvalue weighted by molar-refractivity contribution is 5.93. The normalized spacial score (nSPS) is 21.3. The van der Waals surface area contributed by atoms with Gasteiger partial charge < -0.3 is 15.0 Å². The Morgan fingerprint density at radius 3 is 2.74 bits per heavy atom. The Bertz CT molecular complexity index is 530. The third kappa shape index (κ3) is 4.12. The number of carbonyl (C=O) groups is 1. The van der Waals surface area contributed by atoms with Gasteiger partial charge in [-0.05, 0) is 44.1 Å². The molecule has 6 nitrogen and oxygen atoms in total. The summed E-state index contributed by atoms with van der Waals surface area (Å²) in [6.45, 7) is 4.03. The molecular weight excluding hydrogens is 292 g/mol. The van der Waals surface area contributed by atoms with Gasteiger partial charge in [0.2, 0.25) is 0 Å². The van der Waals surface area contributed by atoms with Crippen molar-refractivity contribution < 1.29 is 9.53 Å². The average molecular weight is 320 g/mol. The minimum absolute atomic E-state index is 0.0308. The molecule has 1 N–H and O–H groups in total. The summed E-state index contributed by atoms with van der Waals surface area (Å²) < 4.78 is 6.91. The van der Waals surface area contributed by atoms with E-state index in [-0.39, 0.29) is 11.4 Å². The number of amides is 1. The van der Waals surface area contributed by atoms with Crippen molar-refractivity contribution in [2.24, 2.45) is 13.0 Å². The summed E-state index contributed by atoms with van der Waals surface area (Å²) in [7, 11) is 3.52. The molecule has 2 heterocycles. The molecule has 2 fully saturated rings. The van der Waals surface area contributed by atoms with Crippen LogP contribution in [0.1, 0.15) is 42.6 Å². The van der Waals surface area contributed by atoms with E-state index in [0.29, 0.717) is 12.3 Å². The van der Waals surface area contributed by atoms with Crippen LogP contribution >= 0.6 is 0 Å². The number of carbonyl (C=O) groups excluding carboxylic acids is 1. The number of nitrogens with zero attached hydrogens (tertiary/aromatic N) is 3. The van der Waals surface area contributed by atoms with Crippen LogP contribution in [0.3, 0.4) is 0 Å². The van der Waals surface area contributed by atoms with Crippen LogP contribution in [0, 0.1) is 5.92 Å². The van der Waals surface area contributed by atoms with Gasteiger partial charge in [-0.1, -0.05) is 0 Å². The molecule has 1 aliphatic carbocycles. The highest BCUT2D eigenvalue weighted by Gasteiger charge is 2.37. The van der Waals surface area contributed by atoms with Crippen LogP contribution in [0.4, 0.5) is 0 Å². The van der Waals surface area contributed by atoms with Gasteiger partial charge >= 0.3 is 0 Å². The molecule has 0 atom stereocenters. The third-order valence-electron chi connectivity index (χ3n) is 5.24. The van der Waals surface area contributed by atoms with Gasteiger partial charge in [0.05, 0.1) is 0 Å². The highest BCUT2D eigenvalue weighted by atomic mass is 16.5. The number of hydrogen-bond acceptors (Lipinski definition) is 4. The maximum absolute atomic E-state index is 12.6. The molecule has 2 aliphatic rings. The minimum atomic E-state index is -0.155. The number of rotatable bonds is 7. The molecule has 1 saturated heterocycles. The second-order valence-electron chi connectivity index (χ2n) is 7.06.